The summed E-state index contributed by atoms with van der Waals surface area (Å²) >= 11 is 0. The number of aliphatic hydroxyl groups is 1. The summed E-state index contributed by atoms with van der Waals surface area (Å²) in [5.41, 5.74) is 2.80. The molecule has 2 rings (SSSR count). The lowest BCUT2D eigenvalue weighted by atomic mass is 9.83. The van der Waals surface area contributed by atoms with E-state index < -0.39 is 5.60 Å². The van der Waals surface area contributed by atoms with E-state index in [9.17, 15) is 5.11 Å². The predicted molar refractivity (Wildman–Crippen MR) is 75.6 cm³/mol. The summed E-state index contributed by atoms with van der Waals surface area (Å²) in [6, 6.07) is 15.7. The van der Waals surface area contributed by atoms with E-state index in [1.54, 1.807) is 6.08 Å². The molecule has 18 heavy (non-hydrogen) atoms. The first kappa shape index (κ1) is 12.6. The first-order chi connectivity index (χ1) is 8.58. The summed E-state index contributed by atoms with van der Waals surface area (Å²) < 4.78 is 0. The highest BCUT2D eigenvalue weighted by Crippen LogP contribution is 2.33. The molecule has 2 aromatic carbocycles. The van der Waals surface area contributed by atoms with Crippen LogP contribution in [0.15, 0.2) is 61.2 Å². The van der Waals surface area contributed by atoms with Crippen LogP contribution in [0, 0.1) is 13.8 Å². The molecular formula is C17H18O. The summed E-state index contributed by atoms with van der Waals surface area (Å²) in [4.78, 5) is 0. The second-order valence-electron chi connectivity index (χ2n) is 4.65. The minimum atomic E-state index is -1.13. The average molecular weight is 238 g/mol. The Balaban J connectivity index is 2.64. The van der Waals surface area contributed by atoms with Crippen LogP contribution in [0.5, 0.6) is 0 Å². The third kappa shape index (κ3) is 2.09. The van der Waals surface area contributed by atoms with Crippen LogP contribution in [-0.4, -0.2) is 5.11 Å². The van der Waals surface area contributed by atoms with Gasteiger partial charge in [0.2, 0.25) is 0 Å². The van der Waals surface area contributed by atoms with Crippen LogP contribution >= 0.6 is 0 Å². The first-order valence-corrected chi connectivity index (χ1v) is 6.07. The SMILES string of the molecule is C=CC(O)(c1ccccc1)c1cc(C)ccc1C. The van der Waals surface area contributed by atoms with Gasteiger partial charge in [-0.05, 0) is 30.5 Å². The summed E-state index contributed by atoms with van der Waals surface area (Å²) in [6.45, 7) is 7.84. The van der Waals surface area contributed by atoms with Gasteiger partial charge in [-0.3, -0.25) is 0 Å². The molecule has 1 N–H and O–H groups in total. The van der Waals surface area contributed by atoms with Gasteiger partial charge in [-0.25, -0.2) is 0 Å². The zero-order chi connectivity index (χ0) is 13.2. The molecule has 0 aliphatic rings. The number of benzene rings is 2. The average Bonchev–Trinajstić information content (AvgIpc) is 2.41. The van der Waals surface area contributed by atoms with Crippen molar-refractivity contribution in [2.45, 2.75) is 19.4 Å². The van der Waals surface area contributed by atoms with Crippen LogP contribution in [0.2, 0.25) is 0 Å². The van der Waals surface area contributed by atoms with Gasteiger partial charge >= 0.3 is 0 Å². The van der Waals surface area contributed by atoms with E-state index >= 15 is 0 Å². The summed E-state index contributed by atoms with van der Waals surface area (Å²) in [5.74, 6) is 0. The number of aryl methyl sites for hydroxylation is 2. The zero-order valence-electron chi connectivity index (χ0n) is 10.9. The Bertz CT molecular complexity index is 557. The summed E-state index contributed by atoms with van der Waals surface area (Å²) in [7, 11) is 0. The molecule has 2 aromatic rings. The van der Waals surface area contributed by atoms with Gasteiger partial charge in [0.1, 0.15) is 5.60 Å². The van der Waals surface area contributed by atoms with Crippen molar-refractivity contribution in [3.05, 3.63) is 83.4 Å². The van der Waals surface area contributed by atoms with Crippen molar-refractivity contribution >= 4 is 0 Å². The van der Waals surface area contributed by atoms with Crippen LogP contribution in [-0.2, 0) is 5.60 Å². The van der Waals surface area contributed by atoms with Gasteiger partial charge in [0.15, 0.2) is 0 Å². The highest BCUT2D eigenvalue weighted by Gasteiger charge is 2.29. The van der Waals surface area contributed by atoms with E-state index in [-0.39, 0.29) is 0 Å². The smallest absolute Gasteiger partial charge is 0.133 e. The van der Waals surface area contributed by atoms with Gasteiger partial charge in [0.05, 0.1) is 0 Å². The quantitative estimate of drug-likeness (QED) is 0.808. The number of hydrogen-bond acceptors (Lipinski definition) is 1. The molecule has 0 amide bonds. The van der Waals surface area contributed by atoms with E-state index in [2.05, 4.69) is 6.58 Å². The van der Waals surface area contributed by atoms with Gasteiger partial charge in [0.25, 0.3) is 0 Å². The van der Waals surface area contributed by atoms with Gasteiger partial charge in [-0.15, -0.1) is 0 Å². The van der Waals surface area contributed by atoms with Gasteiger partial charge < -0.3 is 5.11 Å². The Hall–Kier alpha value is -1.86. The molecule has 1 heteroatoms. The van der Waals surface area contributed by atoms with Crippen LogP contribution < -0.4 is 0 Å². The van der Waals surface area contributed by atoms with Gasteiger partial charge in [0, 0.05) is 0 Å². The van der Waals surface area contributed by atoms with Crippen LogP contribution in [0.4, 0.5) is 0 Å². The number of rotatable bonds is 3. The van der Waals surface area contributed by atoms with Crippen molar-refractivity contribution in [3.8, 4) is 0 Å². The van der Waals surface area contributed by atoms with Crippen molar-refractivity contribution in [1.82, 2.24) is 0 Å². The lowest BCUT2D eigenvalue weighted by molar-refractivity contribution is 0.134. The fourth-order valence-corrected chi connectivity index (χ4v) is 2.22. The normalized spacial score (nSPS) is 13.9. The van der Waals surface area contributed by atoms with Crippen molar-refractivity contribution in [1.29, 1.82) is 0 Å². The molecule has 0 spiro atoms. The van der Waals surface area contributed by atoms with E-state index in [1.165, 1.54) is 0 Å². The summed E-state index contributed by atoms with van der Waals surface area (Å²) in [5, 5.41) is 10.9. The molecule has 1 atom stereocenters. The zero-order valence-corrected chi connectivity index (χ0v) is 10.9. The molecule has 0 saturated heterocycles. The van der Waals surface area contributed by atoms with Crippen LogP contribution in [0.3, 0.4) is 0 Å². The second kappa shape index (κ2) is 4.79. The fourth-order valence-electron chi connectivity index (χ4n) is 2.22. The van der Waals surface area contributed by atoms with Crippen LogP contribution in [0.1, 0.15) is 22.3 Å². The van der Waals surface area contributed by atoms with Gasteiger partial charge in [-0.2, -0.15) is 0 Å². The molecule has 0 aliphatic heterocycles. The first-order valence-electron chi connectivity index (χ1n) is 6.07. The third-order valence-electron chi connectivity index (χ3n) is 3.31. The van der Waals surface area contributed by atoms with E-state index in [4.69, 9.17) is 0 Å². The summed E-state index contributed by atoms with van der Waals surface area (Å²) in [6.07, 6.45) is 1.60. The molecule has 1 nitrogen and oxygen atoms in total. The topological polar surface area (TPSA) is 20.2 Å². The Labute approximate surface area is 108 Å². The largest absolute Gasteiger partial charge is 0.377 e. The molecule has 0 aliphatic carbocycles. The minimum absolute atomic E-state index is 0.841. The molecule has 0 saturated carbocycles. The van der Waals surface area contributed by atoms with E-state index in [1.807, 2.05) is 62.4 Å². The van der Waals surface area contributed by atoms with Crippen molar-refractivity contribution in [3.63, 3.8) is 0 Å². The van der Waals surface area contributed by atoms with E-state index in [0.29, 0.717) is 0 Å². The molecule has 0 aromatic heterocycles. The highest BCUT2D eigenvalue weighted by molar-refractivity contribution is 5.45. The Morgan fingerprint density at radius 3 is 2.33 bits per heavy atom. The van der Waals surface area contributed by atoms with Crippen LogP contribution in [0.25, 0.3) is 0 Å². The maximum atomic E-state index is 10.9. The molecule has 1 unspecified atom stereocenters. The molecular weight excluding hydrogens is 220 g/mol. The predicted octanol–water partition coefficient (Wildman–Crippen LogP) is 3.73. The maximum absolute atomic E-state index is 10.9. The lowest BCUT2D eigenvalue weighted by Crippen LogP contribution is -2.25. The third-order valence-corrected chi connectivity index (χ3v) is 3.31. The molecule has 0 radical (unpaired) electrons. The van der Waals surface area contributed by atoms with Gasteiger partial charge in [-0.1, -0.05) is 66.7 Å². The standard InChI is InChI=1S/C17H18O/c1-4-17(18,15-8-6-5-7-9-15)16-12-13(2)10-11-14(16)3/h4-12,18H,1H2,2-3H3. The Morgan fingerprint density at radius 1 is 1.06 bits per heavy atom. The molecule has 0 fully saturated rings. The maximum Gasteiger partial charge on any atom is 0.133 e. The van der Waals surface area contributed by atoms with E-state index in [0.717, 1.165) is 22.3 Å². The Kier molecular flexibility index (Phi) is 3.35. The minimum Gasteiger partial charge on any atom is -0.377 e. The van der Waals surface area contributed by atoms with Crippen molar-refractivity contribution in [2.24, 2.45) is 0 Å². The second-order valence-corrected chi connectivity index (χ2v) is 4.65. The lowest BCUT2D eigenvalue weighted by Gasteiger charge is -2.27. The highest BCUT2D eigenvalue weighted by atomic mass is 16.3. The monoisotopic (exact) mass is 238 g/mol. The molecule has 0 heterocycles. The Morgan fingerprint density at radius 2 is 1.72 bits per heavy atom. The molecule has 0 bridgehead atoms. The fraction of sp³-hybridized carbons (Fsp3) is 0.176. The van der Waals surface area contributed by atoms with Crippen molar-refractivity contribution < 1.29 is 5.11 Å². The molecule has 92 valence electrons. The van der Waals surface area contributed by atoms with Crippen molar-refractivity contribution in [2.75, 3.05) is 0 Å². The number of hydrogen-bond donors (Lipinski definition) is 1.